The van der Waals surface area contributed by atoms with Crippen molar-refractivity contribution in [1.29, 1.82) is 0 Å². The second-order valence-corrected chi connectivity index (χ2v) is 4.98. The van der Waals surface area contributed by atoms with Gasteiger partial charge in [0.25, 0.3) is 0 Å². The van der Waals surface area contributed by atoms with Crippen molar-refractivity contribution in [2.24, 2.45) is 0 Å². The smallest absolute Gasteiger partial charge is 0.186 e. The van der Waals surface area contributed by atoms with Gasteiger partial charge in [0, 0.05) is 9.86 Å². The van der Waals surface area contributed by atoms with Gasteiger partial charge in [-0.3, -0.25) is 0 Å². The third-order valence-electron chi connectivity index (χ3n) is 1.59. The Kier molecular flexibility index (Phi) is 2.14. The molecule has 12 heavy (non-hydrogen) atoms. The Hall–Kier alpha value is -0.0600. The molecule has 0 aliphatic rings. The van der Waals surface area contributed by atoms with Crippen molar-refractivity contribution in [1.82, 2.24) is 0 Å². The van der Waals surface area contributed by atoms with Crippen molar-refractivity contribution >= 4 is 53.3 Å². The monoisotopic (exact) mass is 306 g/mol. The van der Waals surface area contributed by atoms with Crippen molar-refractivity contribution in [3.8, 4) is 5.06 Å². The highest BCUT2D eigenvalue weighted by Crippen LogP contribution is 2.43. The van der Waals surface area contributed by atoms with Crippen molar-refractivity contribution in [2.45, 2.75) is 0 Å². The molecule has 2 aromatic rings. The number of rotatable bonds is 0. The first-order chi connectivity index (χ1) is 5.70. The second-order valence-electron chi connectivity index (χ2n) is 2.34. The molecule has 0 amide bonds. The fourth-order valence-corrected chi connectivity index (χ4v) is 3.19. The molecule has 0 atom stereocenters. The van der Waals surface area contributed by atoms with Crippen LogP contribution in [0.4, 0.5) is 0 Å². The number of hydrogen-bond acceptors (Lipinski definition) is 2. The van der Waals surface area contributed by atoms with E-state index in [-0.39, 0.29) is 0 Å². The van der Waals surface area contributed by atoms with Gasteiger partial charge in [0.1, 0.15) is 0 Å². The van der Waals surface area contributed by atoms with Gasteiger partial charge in [-0.05, 0) is 37.9 Å². The number of thiophene rings is 1. The summed E-state index contributed by atoms with van der Waals surface area (Å²) in [5.41, 5.74) is 0. The third-order valence-corrected chi connectivity index (χ3v) is 4.62. The van der Waals surface area contributed by atoms with Crippen molar-refractivity contribution in [2.75, 3.05) is 0 Å². The first-order valence-electron chi connectivity index (χ1n) is 3.25. The van der Waals surface area contributed by atoms with E-state index in [1.165, 1.54) is 11.3 Å². The number of aromatic hydroxyl groups is 1. The van der Waals surface area contributed by atoms with Crippen LogP contribution in [-0.4, -0.2) is 5.11 Å². The molecule has 0 saturated heterocycles. The molecule has 1 N–H and O–H groups in total. The molecule has 0 saturated carbocycles. The van der Waals surface area contributed by atoms with E-state index in [9.17, 15) is 5.11 Å². The lowest BCUT2D eigenvalue weighted by Gasteiger charge is -1.91. The van der Waals surface area contributed by atoms with Crippen LogP contribution in [0.3, 0.4) is 0 Å². The minimum Gasteiger partial charge on any atom is -0.499 e. The molecule has 0 unspecified atom stereocenters. The highest BCUT2D eigenvalue weighted by Gasteiger charge is 2.09. The summed E-state index contributed by atoms with van der Waals surface area (Å²) in [7, 11) is 0. The SMILES string of the molecule is Oc1sc2c(Br)cccc2c1Br. The maximum absolute atomic E-state index is 9.42. The number of halogens is 2. The molecular formula is C8H4Br2OS. The van der Waals surface area contributed by atoms with Gasteiger partial charge < -0.3 is 5.11 Å². The normalized spacial score (nSPS) is 10.8. The summed E-state index contributed by atoms with van der Waals surface area (Å²) >= 11 is 8.11. The van der Waals surface area contributed by atoms with Crippen LogP contribution in [0.15, 0.2) is 27.1 Å². The van der Waals surface area contributed by atoms with Gasteiger partial charge in [-0.25, -0.2) is 0 Å². The third kappa shape index (κ3) is 1.18. The molecule has 1 aromatic carbocycles. The van der Waals surface area contributed by atoms with E-state index in [1.807, 2.05) is 18.2 Å². The molecule has 0 aliphatic carbocycles. The fraction of sp³-hybridized carbons (Fsp3) is 0. The Morgan fingerprint density at radius 1 is 1.25 bits per heavy atom. The summed E-state index contributed by atoms with van der Waals surface area (Å²) in [6.07, 6.45) is 0. The van der Waals surface area contributed by atoms with Gasteiger partial charge in [-0.2, -0.15) is 0 Å². The van der Waals surface area contributed by atoms with E-state index in [0.29, 0.717) is 5.06 Å². The van der Waals surface area contributed by atoms with Crippen LogP contribution in [0.1, 0.15) is 0 Å². The molecule has 0 spiro atoms. The average Bonchev–Trinajstić information content (AvgIpc) is 2.32. The first kappa shape index (κ1) is 8.53. The predicted molar refractivity (Wildman–Crippen MR) is 58.9 cm³/mol. The summed E-state index contributed by atoms with van der Waals surface area (Å²) in [6.45, 7) is 0. The molecular weight excluding hydrogens is 304 g/mol. The van der Waals surface area contributed by atoms with E-state index in [0.717, 1.165) is 19.0 Å². The van der Waals surface area contributed by atoms with Crippen LogP contribution in [0.25, 0.3) is 10.1 Å². The maximum atomic E-state index is 9.42. The van der Waals surface area contributed by atoms with E-state index >= 15 is 0 Å². The predicted octanol–water partition coefficient (Wildman–Crippen LogP) is 4.13. The van der Waals surface area contributed by atoms with Gasteiger partial charge in [0.2, 0.25) is 0 Å². The number of fused-ring (bicyclic) bond motifs is 1. The fourth-order valence-electron chi connectivity index (χ4n) is 1.04. The Morgan fingerprint density at radius 3 is 2.67 bits per heavy atom. The number of benzene rings is 1. The first-order valence-corrected chi connectivity index (χ1v) is 5.66. The van der Waals surface area contributed by atoms with E-state index in [1.54, 1.807) is 0 Å². The molecule has 0 fully saturated rings. The summed E-state index contributed by atoms with van der Waals surface area (Å²) in [6, 6.07) is 5.88. The summed E-state index contributed by atoms with van der Waals surface area (Å²) in [5, 5.41) is 10.8. The van der Waals surface area contributed by atoms with Crippen LogP contribution in [0.5, 0.6) is 5.06 Å². The zero-order valence-electron chi connectivity index (χ0n) is 5.84. The zero-order chi connectivity index (χ0) is 8.72. The summed E-state index contributed by atoms with van der Waals surface area (Å²) in [5.74, 6) is 0. The molecule has 0 aliphatic heterocycles. The zero-order valence-corrected chi connectivity index (χ0v) is 9.83. The molecule has 1 heterocycles. The molecule has 0 bridgehead atoms. The standard InChI is InChI=1S/C8H4Br2OS/c9-5-3-1-2-4-6(10)8(11)12-7(4)5/h1-3,11H. The van der Waals surface area contributed by atoms with Crippen LogP contribution in [-0.2, 0) is 0 Å². The molecule has 4 heteroatoms. The quantitative estimate of drug-likeness (QED) is 0.776. The van der Waals surface area contributed by atoms with Crippen LogP contribution < -0.4 is 0 Å². The van der Waals surface area contributed by atoms with Gasteiger partial charge in [-0.1, -0.05) is 23.5 Å². The Labute approximate surface area is 90.3 Å². The highest BCUT2D eigenvalue weighted by atomic mass is 79.9. The summed E-state index contributed by atoms with van der Waals surface area (Å²) < 4.78 is 2.87. The lowest BCUT2D eigenvalue weighted by Crippen LogP contribution is -1.64. The molecule has 1 aromatic heterocycles. The number of hydrogen-bond donors (Lipinski definition) is 1. The average molecular weight is 308 g/mol. The lowest BCUT2D eigenvalue weighted by molar-refractivity contribution is 0.488. The molecule has 62 valence electrons. The van der Waals surface area contributed by atoms with Crippen molar-refractivity contribution < 1.29 is 5.11 Å². The largest absolute Gasteiger partial charge is 0.499 e. The second kappa shape index (κ2) is 3.01. The lowest BCUT2D eigenvalue weighted by atomic mass is 10.3. The van der Waals surface area contributed by atoms with Crippen LogP contribution >= 0.6 is 43.2 Å². The van der Waals surface area contributed by atoms with Gasteiger partial charge in [-0.15, -0.1) is 0 Å². The Balaban J connectivity index is 2.95. The minimum atomic E-state index is 0.330. The molecule has 2 rings (SSSR count). The van der Waals surface area contributed by atoms with Gasteiger partial charge in [0.05, 0.1) is 9.17 Å². The summed E-state index contributed by atoms with van der Waals surface area (Å²) in [4.78, 5) is 0. The molecule has 0 radical (unpaired) electrons. The van der Waals surface area contributed by atoms with E-state index < -0.39 is 0 Å². The van der Waals surface area contributed by atoms with Gasteiger partial charge >= 0.3 is 0 Å². The minimum absolute atomic E-state index is 0.330. The maximum Gasteiger partial charge on any atom is 0.186 e. The van der Waals surface area contributed by atoms with Gasteiger partial charge in [0.15, 0.2) is 5.06 Å². The Morgan fingerprint density at radius 2 is 2.00 bits per heavy atom. The van der Waals surface area contributed by atoms with Crippen molar-refractivity contribution in [3.05, 3.63) is 27.1 Å². The van der Waals surface area contributed by atoms with Crippen LogP contribution in [0.2, 0.25) is 0 Å². The topological polar surface area (TPSA) is 20.2 Å². The van der Waals surface area contributed by atoms with Crippen molar-refractivity contribution in [3.63, 3.8) is 0 Å². The Bertz CT molecular complexity index is 436. The highest BCUT2D eigenvalue weighted by molar-refractivity contribution is 9.11. The molecule has 1 nitrogen and oxygen atoms in total. The van der Waals surface area contributed by atoms with Crippen LogP contribution in [0, 0.1) is 0 Å². The van der Waals surface area contributed by atoms with E-state index in [2.05, 4.69) is 31.9 Å². The van der Waals surface area contributed by atoms with E-state index in [4.69, 9.17) is 0 Å².